The highest BCUT2D eigenvalue weighted by atomic mass is 16.7. The number of rotatable bonds is 8. The molecule has 156 valence electrons. The third kappa shape index (κ3) is 5.44. The standard InChI is InChI=1S/C21H32N2O5/c1-3-25-19(26-4-2)16-23(20(24)22-17-8-6-5-7-9-17)18-10-12-21(13-11-18)27-14-15-28-21/h5-9,18-19H,3-4,10-16H2,1-2H3,(H,22,24). The smallest absolute Gasteiger partial charge is 0.322 e. The molecule has 1 aromatic rings. The SMILES string of the molecule is CCOC(CN(C(=O)Nc1ccccc1)C1CCC2(CC1)OCCO2)OCC. The topological polar surface area (TPSA) is 69.3 Å². The van der Waals surface area contributed by atoms with E-state index >= 15 is 0 Å². The molecule has 2 fully saturated rings. The van der Waals surface area contributed by atoms with Gasteiger partial charge in [-0.25, -0.2) is 4.79 Å². The molecule has 0 unspecified atom stereocenters. The summed E-state index contributed by atoms with van der Waals surface area (Å²) in [5.74, 6) is -0.447. The zero-order chi connectivity index (χ0) is 19.8. The van der Waals surface area contributed by atoms with Gasteiger partial charge in [0.25, 0.3) is 0 Å². The van der Waals surface area contributed by atoms with Gasteiger partial charge in [-0.1, -0.05) is 18.2 Å². The van der Waals surface area contributed by atoms with Crippen LogP contribution < -0.4 is 5.32 Å². The van der Waals surface area contributed by atoms with Crippen LogP contribution in [0.5, 0.6) is 0 Å². The first-order valence-corrected chi connectivity index (χ1v) is 10.3. The predicted octanol–water partition coefficient (Wildman–Crippen LogP) is 3.61. The molecule has 1 saturated carbocycles. The number of nitrogens with one attached hydrogen (secondary N) is 1. The van der Waals surface area contributed by atoms with Crippen molar-refractivity contribution in [3.63, 3.8) is 0 Å². The molecule has 1 saturated heterocycles. The van der Waals surface area contributed by atoms with Crippen LogP contribution in [-0.2, 0) is 18.9 Å². The Labute approximate surface area is 167 Å². The van der Waals surface area contributed by atoms with Gasteiger partial charge in [-0.15, -0.1) is 0 Å². The van der Waals surface area contributed by atoms with Gasteiger partial charge in [-0.3, -0.25) is 0 Å². The highest BCUT2D eigenvalue weighted by Crippen LogP contribution is 2.37. The van der Waals surface area contributed by atoms with Crippen LogP contribution in [0.1, 0.15) is 39.5 Å². The van der Waals surface area contributed by atoms with Gasteiger partial charge >= 0.3 is 6.03 Å². The Kier molecular flexibility index (Phi) is 7.67. The number of hydrogen-bond acceptors (Lipinski definition) is 5. The molecule has 1 aliphatic carbocycles. The van der Waals surface area contributed by atoms with Crippen LogP contribution >= 0.6 is 0 Å². The Bertz CT molecular complexity index is 590. The first kappa shape index (κ1) is 21.0. The summed E-state index contributed by atoms with van der Waals surface area (Å²) in [6.07, 6.45) is 2.80. The Morgan fingerprint density at radius 3 is 2.32 bits per heavy atom. The second-order valence-corrected chi connectivity index (χ2v) is 7.13. The van der Waals surface area contributed by atoms with Crippen molar-refractivity contribution in [2.45, 2.75) is 57.6 Å². The Morgan fingerprint density at radius 1 is 1.14 bits per heavy atom. The molecule has 7 heteroatoms. The number of anilines is 1. The van der Waals surface area contributed by atoms with Crippen molar-refractivity contribution in [3.8, 4) is 0 Å². The number of carbonyl (C=O) groups excluding carboxylic acids is 1. The molecule has 2 aliphatic rings. The number of amides is 2. The second-order valence-electron chi connectivity index (χ2n) is 7.13. The normalized spacial score (nSPS) is 19.2. The van der Waals surface area contributed by atoms with Gasteiger partial charge in [0.1, 0.15) is 0 Å². The van der Waals surface area contributed by atoms with E-state index in [0.717, 1.165) is 31.4 Å². The maximum atomic E-state index is 13.1. The molecule has 1 aliphatic heterocycles. The number of para-hydroxylation sites is 1. The average molecular weight is 392 g/mol. The molecule has 2 amide bonds. The van der Waals surface area contributed by atoms with Crippen LogP contribution in [-0.4, -0.2) is 62.0 Å². The Balaban J connectivity index is 1.69. The lowest BCUT2D eigenvalue weighted by Crippen LogP contribution is -2.51. The fourth-order valence-electron chi connectivity index (χ4n) is 3.94. The van der Waals surface area contributed by atoms with Gasteiger partial charge in [0.05, 0.1) is 19.8 Å². The summed E-state index contributed by atoms with van der Waals surface area (Å²) in [6, 6.07) is 9.46. The average Bonchev–Trinajstić information content (AvgIpc) is 3.16. The molecular formula is C21H32N2O5. The van der Waals surface area contributed by atoms with Crippen LogP contribution in [0.3, 0.4) is 0 Å². The number of nitrogens with zero attached hydrogens (tertiary/aromatic N) is 1. The van der Waals surface area contributed by atoms with Gasteiger partial charge in [0.15, 0.2) is 12.1 Å². The van der Waals surface area contributed by atoms with Crippen molar-refractivity contribution in [3.05, 3.63) is 30.3 Å². The van der Waals surface area contributed by atoms with E-state index in [-0.39, 0.29) is 12.1 Å². The lowest BCUT2D eigenvalue weighted by atomic mass is 9.89. The number of urea groups is 1. The molecule has 1 heterocycles. The maximum Gasteiger partial charge on any atom is 0.322 e. The molecular weight excluding hydrogens is 360 g/mol. The van der Waals surface area contributed by atoms with Crippen molar-refractivity contribution in [1.29, 1.82) is 0 Å². The van der Waals surface area contributed by atoms with Crippen LogP contribution in [0, 0.1) is 0 Å². The summed E-state index contributed by atoms with van der Waals surface area (Å²) in [6.45, 7) is 6.63. The summed E-state index contributed by atoms with van der Waals surface area (Å²) in [7, 11) is 0. The van der Waals surface area contributed by atoms with E-state index in [0.29, 0.717) is 33.0 Å². The van der Waals surface area contributed by atoms with Crippen molar-refractivity contribution in [2.75, 3.05) is 38.3 Å². The zero-order valence-corrected chi connectivity index (χ0v) is 16.9. The molecule has 3 rings (SSSR count). The van der Waals surface area contributed by atoms with E-state index in [4.69, 9.17) is 18.9 Å². The van der Waals surface area contributed by atoms with Crippen LogP contribution in [0.25, 0.3) is 0 Å². The van der Waals surface area contributed by atoms with Crippen molar-refractivity contribution in [1.82, 2.24) is 4.90 Å². The highest BCUT2D eigenvalue weighted by molar-refractivity contribution is 5.89. The minimum atomic E-state index is -0.447. The molecule has 7 nitrogen and oxygen atoms in total. The van der Waals surface area contributed by atoms with E-state index < -0.39 is 12.1 Å². The fourth-order valence-corrected chi connectivity index (χ4v) is 3.94. The lowest BCUT2D eigenvalue weighted by molar-refractivity contribution is -0.186. The second kappa shape index (κ2) is 10.2. The summed E-state index contributed by atoms with van der Waals surface area (Å²) < 4.78 is 23.1. The van der Waals surface area contributed by atoms with Gasteiger partial charge < -0.3 is 29.2 Å². The molecule has 1 spiro atoms. The summed E-state index contributed by atoms with van der Waals surface area (Å²) in [4.78, 5) is 15.0. The third-order valence-electron chi connectivity index (χ3n) is 5.31. The molecule has 1 aromatic carbocycles. The van der Waals surface area contributed by atoms with Crippen molar-refractivity contribution >= 4 is 11.7 Å². The van der Waals surface area contributed by atoms with E-state index in [1.807, 2.05) is 49.1 Å². The quantitative estimate of drug-likeness (QED) is 0.685. The molecule has 0 atom stereocenters. The van der Waals surface area contributed by atoms with E-state index in [1.165, 1.54) is 0 Å². The van der Waals surface area contributed by atoms with Crippen LogP contribution in [0.15, 0.2) is 30.3 Å². The Hall–Kier alpha value is -1.67. The third-order valence-corrected chi connectivity index (χ3v) is 5.31. The lowest BCUT2D eigenvalue weighted by Gasteiger charge is -2.41. The minimum absolute atomic E-state index is 0.0885. The van der Waals surface area contributed by atoms with E-state index in [9.17, 15) is 4.79 Å². The van der Waals surface area contributed by atoms with Crippen molar-refractivity contribution in [2.24, 2.45) is 0 Å². The predicted molar refractivity (Wildman–Crippen MR) is 106 cm³/mol. The van der Waals surface area contributed by atoms with Gasteiger partial charge in [-0.2, -0.15) is 0 Å². The molecule has 0 bridgehead atoms. The number of ether oxygens (including phenoxy) is 4. The van der Waals surface area contributed by atoms with Crippen LogP contribution in [0.2, 0.25) is 0 Å². The van der Waals surface area contributed by atoms with E-state index in [1.54, 1.807) is 0 Å². The summed E-state index contributed by atoms with van der Waals surface area (Å²) in [5.41, 5.74) is 0.775. The molecule has 0 radical (unpaired) electrons. The number of carbonyl (C=O) groups is 1. The van der Waals surface area contributed by atoms with Crippen molar-refractivity contribution < 1.29 is 23.7 Å². The van der Waals surface area contributed by atoms with Gasteiger partial charge in [-0.05, 0) is 38.8 Å². The maximum absolute atomic E-state index is 13.1. The highest BCUT2D eigenvalue weighted by Gasteiger charge is 2.42. The molecule has 28 heavy (non-hydrogen) atoms. The monoisotopic (exact) mass is 392 g/mol. The molecule has 0 aromatic heterocycles. The van der Waals surface area contributed by atoms with Crippen LogP contribution in [0.4, 0.5) is 10.5 Å². The minimum Gasteiger partial charge on any atom is -0.351 e. The largest absolute Gasteiger partial charge is 0.351 e. The molecule has 1 N–H and O–H groups in total. The Morgan fingerprint density at radius 2 is 1.75 bits per heavy atom. The first-order valence-electron chi connectivity index (χ1n) is 10.3. The number of hydrogen-bond donors (Lipinski definition) is 1. The summed E-state index contributed by atoms with van der Waals surface area (Å²) in [5, 5.41) is 3.00. The van der Waals surface area contributed by atoms with Gasteiger partial charge in [0.2, 0.25) is 0 Å². The van der Waals surface area contributed by atoms with E-state index in [2.05, 4.69) is 5.32 Å². The first-order chi connectivity index (χ1) is 13.7. The summed E-state index contributed by atoms with van der Waals surface area (Å²) >= 11 is 0. The van der Waals surface area contributed by atoms with Gasteiger partial charge in [0, 0.05) is 37.8 Å². The number of benzene rings is 1. The fraction of sp³-hybridized carbons (Fsp3) is 0.667. The zero-order valence-electron chi connectivity index (χ0n) is 16.9.